The number of anilines is 3. The number of rotatable bonds is 6. The number of hydrazone groups is 1. The van der Waals surface area contributed by atoms with Crippen molar-refractivity contribution >= 4 is 24.1 Å². The minimum absolute atomic E-state index is 0.359. The highest BCUT2D eigenvalue weighted by Crippen LogP contribution is 2.22. The van der Waals surface area contributed by atoms with Crippen LogP contribution in [0.3, 0.4) is 0 Å². The SMILES string of the molecule is OC[C@@H](O)/C=N\Nc1nc(N2CCCCC2)nc(N2CCCCC2)n1. The summed E-state index contributed by atoms with van der Waals surface area (Å²) < 4.78 is 0. The Hall–Kier alpha value is -2.00. The highest BCUT2D eigenvalue weighted by molar-refractivity contribution is 5.63. The summed E-state index contributed by atoms with van der Waals surface area (Å²) in [4.78, 5) is 18.0. The van der Waals surface area contributed by atoms with Gasteiger partial charge < -0.3 is 20.0 Å². The molecule has 2 aliphatic heterocycles. The summed E-state index contributed by atoms with van der Waals surface area (Å²) in [6.45, 7) is 3.44. The van der Waals surface area contributed by atoms with Crippen molar-refractivity contribution in [2.75, 3.05) is 48.0 Å². The van der Waals surface area contributed by atoms with E-state index in [0.717, 1.165) is 51.9 Å². The van der Waals surface area contributed by atoms with E-state index < -0.39 is 6.10 Å². The molecule has 0 saturated carbocycles. The minimum atomic E-state index is -1.00. The monoisotopic (exact) mass is 349 g/mol. The molecule has 0 aromatic carbocycles. The van der Waals surface area contributed by atoms with E-state index in [1.54, 1.807) is 0 Å². The van der Waals surface area contributed by atoms with Gasteiger partial charge in [-0.25, -0.2) is 5.43 Å². The van der Waals surface area contributed by atoms with Gasteiger partial charge in [0.1, 0.15) is 6.10 Å². The van der Waals surface area contributed by atoms with Crippen molar-refractivity contribution in [1.82, 2.24) is 15.0 Å². The van der Waals surface area contributed by atoms with Crippen molar-refractivity contribution in [2.24, 2.45) is 5.10 Å². The number of aliphatic hydroxyl groups is 2. The fourth-order valence-electron chi connectivity index (χ4n) is 3.10. The van der Waals surface area contributed by atoms with Gasteiger partial charge in [0.15, 0.2) is 0 Å². The number of aromatic nitrogens is 3. The van der Waals surface area contributed by atoms with Crippen LogP contribution in [0, 0.1) is 0 Å². The highest BCUT2D eigenvalue weighted by atomic mass is 16.3. The first kappa shape index (κ1) is 17.8. The zero-order valence-corrected chi connectivity index (χ0v) is 14.5. The van der Waals surface area contributed by atoms with E-state index in [1.165, 1.54) is 19.1 Å². The molecule has 1 atom stereocenters. The molecule has 138 valence electrons. The molecule has 3 N–H and O–H groups in total. The zero-order valence-electron chi connectivity index (χ0n) is 14.5. The number of hydrogen-bond acceptors (Lipinski definition) is 9. The Morgan fingerprint density at radius 2 is 1.44 bits per heavy atom. The van der Waals surface area contributed by atoms with Crippen molar-refractivity contribution in [3.8, 4) is 0 Å². The second kappa shape index (κ2) is 8.91. The van der Waals surface area contributed by atoms with Gasteiger partial charge in [0.2, 0.25) is 17.8 Å². The maximum Gasteiger partial charge on any atom is 0.250 e. The van der Waals surface area contributed by atoms with Crippen molar-refractivity contribution in [1.29, 1.82) is 0 Å². The Morgan fingerprint density at radius 1 is 0.920 bits per heavy atom. The van der Waals surface area contributed by atoms with Crippen LogP contribution >= 0.6 is 0 Å². The van der Waals surface area contributed by atoms with E-state index in [1.807, 2.05) is 0 Å². The molecule has 0 unspecified atom stereocenters. The largest absolute Gasteiger partial charge is 0.393 e. The Bertz CT molecular complexity index is 535. The van der Waals surface area contributed by atoms with Crippen molar-refractivity contribution in [2.45, 2.75) is 44.6 Å². The molecule has 25 heavy (non-hydrogen) atoms. The van der Waals surface area contributed by atoms with Gasteiger partial charge in [-0.05, 0) is 38.5 Å². The highest BCUT2D eigenvalue weighted by Gasteiger charge is 2.20. The Balaban J connectivity index is 1.80. The first-order valence-corrected chi connectivity index (χ1v) is 9.10. The average molecular weight is 349 g/mol. The number of aliphatic hydroxyl groups excluding tert-OH is 2. The van der Waals surface area contributed by atoms with Gasteiger partial charge in [-0.3, -0.25) is 0 Å². The first-order chi connectivity index (χ1) is 12.3. The molecule has 0 aliphatic carbocycles. The lowest BCUT2D eigenvalue weighted by molar-refractivity contribution is 0.148. The normalized spacial score (nSPS) is 20.1. The number of piperidine rings is 2. The van der Waals surface area contributed by atoms with Crippen LogP contribution in [0.15, 0.2) is 5.10 Å². The lowest BCUT2D eigenvalue weighted by Crippen LogP contribution is -2.34. The van der Waals surface area contributed by atoms with E-state index in [0.29, 0.717) is 17.8 Å². The molecule has 0 spiro atoms. The first-order valence-electron chi connectivity index (χ1n) is 9.10. The molecule has 0 radical (unpaired) electrons. The fraction of sp³-hybridized carbons (Fsp3) is 0.750. The van der Waals surface area contributed by atoms with Gasteiger partial charge >= 0.3 is 0 Å². The number of hydrogen-bond donors (Lipinski definition) is 3. The van der Waals surface area contributed by atoms with Gasteiger partial charge in [0, 0.05) is 26.2 Å². The predicted octanol–water partition coefficient (Wildman–Crippen LogP) is 0.603. The quantitative estimate of drug-likeness (QED) is 0.506. The zero-order chi connectivity index (χ0) is 17.5. The number of nitrogens with one attached hydrogen (secondary N) is 1. The third-order valence-electron chi connectivity index (χ3n) is 4.49. The smallest absolute Gasteiger partial charge is 0.250 e. The van der Waals surface area contributed by atoms with Crippen molar-refractivity contribution in [3.05, 3.63) is 0 Å². The second-order valence-electron chi connectivity index (χ2n) is 6.49. The number of nitrogens with zero attached hydrogens (tertiary/aromatic N) is 6. The van der Waals surface area contributed by atoms with Crippen LogP contribution in [0.2, 0.25) is 0 Å². The topological polar surface area (TPSA) is 110 Å². The van der Waals surface area contributed by atoms with Gasteiger partial charge in [0.05, 0.1) is 12.8 Å². The van der Waals surface area contributed by atoms with Crippen LogP contribution in [0.1, 0.15) is 38.5 Å². The summed E-state index contributed by atoms with van der Waals surface area (Å²) in [5.41, 5.74) is 2.75. The van der Waals surface area contributed by atoms with E-state index in [4.69, 9.17) is 5.11 Å². The van der Waals surface area contributed by atoms with Crippen LogP contribution in [0.5, 0.6) is 0 Å². The van der Waals surface area contributed by atoms with Gasteiger partial charge in [-0.2, -0.15) is 20.1 Å². The molecule has 0 amide bonds. The van der Waals surface area contributed by atoms with Gasteiger partial charge in [-0.15, -0.1) is 0 Å². The molecular formula is C16H27N7O2. The molecule has 0 bridgehead atoms. The summed E-state index contributed by atoms with van der Waals surface area (Å²) in [6, 6.07) is 0. The molecular weight excluding hydrogens is 322 g/mol. The maximum atomic E-state index is 9.34. The third-order valence-corrected chi connectivity index (χ3v) is 4.49. The predicted molar refractivity (Wildman–Crippen MR) is 97.2 cm³/mol. The average Bonchev–Trinajstić information content (AvgIpc) is 2.69. The maximum absolute atomic E-state index is 9.34. The summed E-state index contributed by atoms with van der Waals surface area (Å²) in [6.07, 6.45) is 7.30. The Morgan fingerprint density at radius 3 is 1.92 bits per heavy atom. The lowest BCUT2D eigenvalue weighted by Gasteiger charge is -2.30. The molecule has 9 nitrogen and oxygen atoms in total. The minimum Gasteiger partial charge on any atom is -0.393 e. The second-order valence-corrected chi connectivity index (χ2v) is 6.49. The molecule has 2 saturated heterocycles. The Kier molecular flexibility index (Phi) is 6.35. The molecule has 2 aliphatic rings. The van der Waals surface area contributed by atoms with E-state index in [2.05, 4.69) is 35.3 Å². The molecule has 1 aromatic rings. The Labute approximate surface area is 147 Å². The van der Waals surface area contributed by atoms with E-state index in [9.17, 15) is 5.11 Å². The van der Waals surface area contributed by atoms with Gasteiger partial charge in [-0.1, -0.05) is 0 Å². The van der Waals surface area contributed by atoms with E-state index in [-0.39, 0.29) is 6.61 Å². The fourth-order valence-corrected chi connectivity index (χ4v) is 3.10. The molecule has 3 heterocycles. The summed E-state index contributed by atoms with van der Waals surface area (Å²) in [7, 11) is 0. The lowest BCUT2D eigenvalue weighted by atomic mass is 10.1. The van der Waals surface area contributed by atoms with Crippen LogP contribution < -0.4 is 15.2 Å². The van der Waals surface area contributed by atoms with Crippen LogP contribution in [0.25, 0.3) is 0 Å². The van der Waals surface area contributed by atoms with Crippen LogP contribution in [0.4, 0.5) is 17.8 Å². The third kappa shape index (κ3) is 4.99. The molecule has 9 heteroatoms. The van der Waals surface area contributed by atoms with Crippen molar-refractivity contribution in [3.63, 3.8) is 0 Å². The van der Waals surface area contributed by atoms with Gasteiger partial charge in [0.25, 0.3) is 0 Å². The standard InChI is InChI=1S/C16H27N7O2/c24-12-13(25)11-17-21-14-18-15(22-7-3-1-4-8-22)20-16(19-14)23-9-5-2-6-10-23/h11,13,24-25H,1-10,12H2,(H,18,19,20,21)/b17-11-/t13-/m0/s1. The summed E-state index contributed by atoms with van der Waals surface area (Å²) in [5.74, 6) is 1.71. The van der Waals surface area contributed by atoms with Crippen LogP contribution in [-0.4, -0.2) is 70.3 Å². The van der Waals surface area contributed by atoms with Crippen LogP contribution in [-0.2, 0) is 0 Å². The summed E-state index contributed by atoms with van der Waals surface area (Å²) >= 11 is 0. The molecule has 1 aromatic heterocycles. The summed E-state index contributed by atoms with van der Waals surface area (Å²) in [5, 5.41) is 22.1. The van der Waals surface area contributed by atoms with Crippen molar-refractivity contribution < 1.29 is 10.2 Å². The molecule has 2 fully saturated rings. The van der Waals surface area contributed by atoms with E-state index >= 15 is 0 Å². The molecule has 3 rings (SSSR count).